The number of rotatable bonds is 1. The summed E-state index contributed by atoms with van der Waals surface area (Å²) in [5.41, 5.74) is 5.37. The second-order valence-corrected chi connectivity index (χ2v) is 2.65. The summed E-state index contributed by atoms with van der Waals surface area (Å²) in [6, 6.07) is 4.90. The Bertz CT molecular complexity index is 312. The van der Waals surface area contributed by atoms with Crippen molar-refractivity contribution in [1.29, 1.82) is 5.26 Å². The number of nitrogens with two attached hydrogens (primary N) is 1. The molecule has 2 N–H and O–H groups in total. The lowest BCUT2D eigenvalue weighted by atomic mass is 10.1. The molecule has 4 heteroatoms. The first kappa shape index (κ1) is 8.98. The van der Waals surface area contributed by atoms with Gasteiger partial charge >= 0.3 is 0 Å². The molecule has 0 radical (unpaired) electrons. The van der Waals surface area contributed by atoms with Crippen molar-refractivity contribution in [2.75, 3.05) is 0 Å². The molecule has 0 saturated heterocycles. The number of benzene rings is 1. The Hall–Kier alpha value is -1.11. The fourth-order valence-corrected chi connectivity index (χ4v) is 1.15. The van der Waals surface area contributed by atoms with Gasteiger partial charge in [-0.15, -0.1) is 0 Å². The molecule has 0 aliphatic rings. The first-order valence-corrected chi connectivity index (χ1v) is 3.63. The summed E-state index contributed by atoms with van der Waals surface area (Å²) >= 11 is 5.63. The van der Waals surface area contributed by atoms with Crippen molar-refractivity contribution in [3.05, 3.63) is 34.6 Å². The molecule has 0 bridgehead atoms. The van der Waals surface area contributed by atoms with Gasteiger partial charge in [0.05, 0.1) is 6.07 Å². The number of nitrogens with zero attached hydrogens (tertiary/aromatic N) is 1. The van der Waals surface area contributed by atoms with Crippen LogP contribution in [0.5, 0.6) is 0 Å². The summed E-state index contributed by atoms with van der Waals surface area (Å²) in [6.07, 6.45) is 0. The van der Waals surface area contributed by atoms with E-state index >= 15 is 0 Å². The molecule has 0 amide bonds. The molecule has 0 saturated carbocycles. The van der Waals surface area contributed by atoms with Crippen LogP contribution in [-0.2, 0) is 0 Å². The summed E-state index contributed by atoms with van der Waals surface area (Å²) in [7, 11) is 0. The SMILES string of the molecule is N#C[C@@H](N)c1c(F)cccc1Cl. The molecule has 0 fully saturated rings. The molecule has 1 atom stereocenters. The minimum atomic E-state index is -1.00. The summed E-state index contributed by atoms with van der Waals surface area (Å²) in [6.45, 7) is 0. The monoisotopic (exact) mass is 184 g/mol. The van der Waals surface area contributed by atoms with E-state index in [0.29, 0.717) is 0 Å². The maximum Gasteiger partial charge on any atom is 0.130 e. The van der Waals surface area contributed by atoms with Gasteiger partial charge in [0.15, 0.2) is 0 Å². The molecule has 62 valence electrons. The van der Waals surface area contributed by atoms with Gasteiger partial charge in [0.1, 0.15) is 11.9 Å². The van der Waals surface area contributed by atoms with Crippen LogP contribution < -0.4 is 5.73 Å². The lowest BCUT2D eigenvalue weighted by Crippen LogP contribution is -2.09. The zero-order valence-corrected chi connectivity index (χ0v) is 6.85. The highest BCUT2D eigenvalue weighted by atomic mass is 35.5. The predicted octanol–water partition coefficient (Wildman–Crippen LogP) is 2.00. The maximum atomic E-state index is 13.0. The summed E-state index contributed by atoms with van der Waals surface area (Å²) in [5.74, 6) is -0.545. The topological polar surface area (TPSA) is 49.8 Å². The molecule has 0 heterocycles. The van der Waals surface area contributed by atoms with Gasteiger partial charge in [-0.25, -0.2) is 4.39 Å². The molecule has 0 unspecified atom stereocenters. The average Bonchev–Trinajstić information content (AvgIpc) is 2.03. The third-order valence-electron chi connectivity index (χ3n) is 1.45. The van der Waals surface area contributed by atoms with Gasteiger partial charge in [0.2, 0.25) is 0 Å². The standard InChI is InChI=1S/C8H6ClFN2/c9-5-2-1-3-6(10)8(5)7(12)4-11/h1-3,7H,12H2/t7-/m1/s1. The second kappa shape index (κ2) is 3.53. The van der Waals surface area contributed by atoms with Gasteiger partial charge in [-0.2, -0.15) is 5.26 Å². The summed E-state index contributed by atoms with van der Waals surface area (Å²) < 4.78 is 13.0. The quantitative estimate of drug-likeness (QED) is 0.726. The predicted molar refractivity (Wildman–Crippen MR) is 44.0 cm³/mol. The van der Waals surface area contributed by atoms with Crippen molar-refractivity contribution in [1.82, 2.24) is 0 Å². The van der Waals surface area contributed by atoms with Crippen LogP contribution in [0.1, 0.15) is 11.6 Å². The first-order chi connectivity index (χ1) is 5.66. The highest BCUT2D eigenvalue weighted by molar-refractivity contribution is 6.31. The molecule has 0 aliphatic carbocycles. The van der Waals surface area contributed by atoms with Gasteiger partial charge in [-0.05, 0) is 12.1 Å². The van der Waals surface area contributed by atoms with Gasteiger partial charge in [-0.3, -0.25) is 0 Å². The Morgan fingerprint density at radius 2 is 2.25 bits per heavy atom. The number of halogens is 2. The van der Waals surface area contributed by atoms with Gasteiger partial charge < -0.3 is 5.73 Å². The fourth-order valence-electron chi connectivity index (χ4n) is 0.872. The Kier molecular flexibility index (Phi) is 2.64. The molecule has 0 aliphatic heterocycles. The van der Waals surface area contributed by atoms with E-state index in [9.17, 15) is 4.39 Å². The molecule has 12 heavy (non-hydrogen) atoms. The van der Waals surface area contributed by atoms with E-state index in [1.54, 1.807) is 6.07 Å². The zero-order valence-electron chi connectivity index (χ0n) is 6.09. The van der Waals surface area contributed by atoms with Crippen molar-refractivity contribution in [2.24, 2.45) is 5.73 Å². The Morgan fingerprint density at radius 1 is 1.58 bits per heavy atom. The van der Waals surface area contributed by atoms with E-state index in [0.717, 1.165) is 0 Å². The van der Waals surface area contributed by atoms with E-state index in [1.165, 1.54) is 18.2 Å². The zero-order chi connectivity index (χ0) is 9.14. The molecule has 2 nitrogen and oxygen atoms in total. The number of hydrogen-bond acceptors (Lipinski definition) is 2. The lowest BCUT2D eigenvalue weighted by Gasteiger charge is -2.05. The van der Waals surface area contributed by atoms with E-state index in [4.69, 9.17) is 22.6 Å². The van der Waals surface area contributed by atoms with Crippen molar-refractivity contribution in [3.8, 4) is 6.07 Å². The van der Waals surface area contributed by atoms with Crippen LogP contribution in [0.2, 0.25) is 5.02 Å². The number of hydrogen-bond donors (Lipinski definition) is 1. The molecular formula is C8H6ClFN2. The lowest BCUT2D eigenvalue weighted by molar-refractivity contribution is 0.604. The van der Waals surface area contributed by atoms with Crippen molar-refractivity contribution >= 4 is 11.6 Å². The van der Waals surface area contributed by atoms with Crippen molar-refractivity contribution in [2.45, 2.75) is 6.04 Å². The molecule has 0 spiro atoms. The van der Waals surface area contributed by atoms with Crippen LogP contribution in [0.25, 0.3) is 0 Å². The van der Waals surface area contributed by atoms with E-state index in [-0.39, 0.29) is 10.6 Å². The summed E-state index contributed by atoms with van der Waals surface area (Å²) in [5, 5.41) is 8.62. The first-order valence-electron chi connectivity index (χ1n) is 3.26. The van der Waals surface area contributed by atoms with Crippen LogP contribution in [0, 0.1) is 17.1 Å². The minimum Gasteiger partial charge on any atom is -0.312 e. The van der Waals surface area contributed by atoms with Gasteiger partial charge in [0, 0.05) is 10.6 Å². The Labute approximate surface area is 74.4 Å². The Morgan fingerprint density at radius 3 is 2.75 bits per heavy atom. The molecule has 1 aromatic rings. The molecular weight excluding hydrogens is 179 g/mol. The van der Waals surface area contributed by atoms with Crippen LogP contribution in [-0.4, -0.2) is 0 Å². The number of nitriles is 1. The third-order valence-corrected chi connectivity index (χ3v) is 1.78. The van der Waals surface area contributed by atoms with E-state index < -0.39 is 11.9 Å². The Balaban J connectivity index is 3.23. The van der Waals surface area contributed by atoms with Gasteiger partial charge in [0.25, 0.3) is 0 Å². The van der Waals surface area contributed by atoms with E-state index in [1.807, 2.05) is 0 Å². The highest BCUT2D eigenvalue weighted by Crippen LogP contribution is 2.23. The smallest absolute Gasteiger partial charge is 0.130 e. The van der Waals surface area contributed by atoms with E-state index in [2.05, 4.69) is 0 Å². The third kappa shape index (κ3) is 1.55. The van der Waals surface area contributed by atoms with Crippen LogP contribution in [0.3, 0.4) is 0 Å². The molecule has 1 rings (SSSR count). The molecule has 0 aromatic heterocycles. The normalized spacial score (nSPS) is 12.2. The minimum absolute atomic E-state index is 0.0571. The fraction of sp³-hybridized carbons (Fsp3) is 0.125. The molecule has 1 aromatic carbocycles. The van der Waals surface area contributed by atoms with Crippen molar-refractivity contribution in [3.63, 3.8) is 0 Å². The maximum absolute atomic E-state index is 13.0. The summed E-state index contributed by atoms with van der Waals surface area (Å²) in [4.78, 5) is 0. The van der Waals surface area contributed by atoms with Crippen LogP contribution in [0.15, 0.2) is 18.2 Å². The van der Waals surface area contributed by atoms with Crippen LogP contribution in [0.4, 0.5) is 4.39 Å². The van der Waals surface area contributed by atoms with Crippen molar-refractivity contribution < 1.29 is 4.39 Å². The van der Waals surface area contributed by atoms with Gasteiger partial charge in [-0.1, -0.05) is 17.7 Å². The average molecular weight is 185 g/mol. The van der Waals surface area contributed by atoms with Crippen LogP contribution >= 0.6 is 11.6 Å². The largest absolute Gasteiger partial charge is 0.312 e. The highest BCUT2D eigenvalue weighted by Gasteiger charge is 2.13. The second-order valence-electron chi connectivity index (χ2n) is 2.24.